The third-order valence-corrected chi connectivity index (χ3v) is 4.25. The monoisotopic (exact) mass is 278 g/mol. The molecule has 1 aliphatic heterocycles. The number of hydrogen-bond donors (Lipinski definition) is 1. The van der Waals surface area contributed by atoms with Crippen LogP contribution in [0.15, 0.2) is 18.2 Å². The van der Waals surface area contributed by atoms with E-state index in [9.17, 15) is 0 Å². The first-order valence-electron chi connectivity index (χ1n) is 6.55. The van der Waals surface area contributed by atoms with Gasteiger partial charge in [-0.3, -0.25) is 0 Å². The minimum atomic E-state index is -0.0195. The van der Waals surface area contributed by atoms with Crippen LogP contribution in [0.25, 0.3) is 10.2 Å². The molecule has 102 valence electrons. The van der Waals surface area contributed by atoms with Gasteiger partial charge in [-0.05, 0) is 32.0 Å². The molecule has 5 heteroatoms. The molecule has 0 bridgehead atoms. The van der Waals surface area contributed by atoms with Crippen LogP contribution >= 0.6 is 11.3 Å². The Morgan fingerprint density at radius 3 is 2.95 bits per heavy atom. The van der Waals surface area contributed by atoms with Gasteiger partial charge in [-0.1, -0.05) is 0 Å². The highest BCUT2D eigenvalue weighted by atomic mass is 32.1. The van der Waals surface area contributed by atoms with Gasteiger partial charge in [0.2, 0.25) is 0 Å². The molecule has 0 unspecified atom stereocenters. The number of aromatic nitrogens is 1. The third-order valence-electron chi connectivity index (χ3n) is 3.26. The van der Waals surface area contributed by atoms with Gasteiger partial charge in [-0.15, -0.1) is 11.3 Å². The number of rotatable bonds is 5. The Bertz CT molecular complexity index is 578. The van der Waals surface area contributed by atoms with Crippen molar-refractivity contribution in [2.45, 2.75) is 26.1 Å². The second-order valence-electron chi connectivity index (χ2n) is 5.01. The highest BCUT2D eigenvalue weighted by Gasteiger charge is 2.32. The molecule has 1 aromatic heterocycles. The lowest BCUT2D eigenvalue weighted by atomic mass is 10.0. The van der Waals surface area contributed by atoms with Crippen LogP contribution in [0.1, 0.15) is 18.9 Å². The maximum absolute atomic E-state index is 5.91. The van der Waals surface area contributed by atoms with E-state index in [-0.39, 0.29) is 5.60 Å². The number of nitrogens with one attached hydrogen (secondary N) is 1. The summed E-state index contributed by atoms with van der Waals surface area (Å²) in [6.07, 6.45) is 0. The van der Waals surface area contributed by atoms with E-state index in [0.29, 0.717) is 13.2 Å². The van der Waals surface area contributed by atoms with Crippen LogP contribution in [0.3, 0.4) is 0 Å². The summed E-state index contributed by atoms with van der Waals surface area (Å²) < 4.78 is 12.6. The minimum Gasteiger partial charge on any atom is -0.494 e. The SMILES string of the molecule is CCOc1ccc2nc(COC3(C)CNC3)sc2c1. The first kappa shape index (κ1) is 12.8. The summed E-state index contributed by atoms with van der Waals surface area (Å²) in [6.45, 7) is 7.24. The second kappa shape index (κ2) is 5.07. The van der Waals surface area contributed by atoms with E-state index in [2.05, 4.69) is 17.2 Å². The summed E-state index contributed by atoms with van der Waals surface area (Å²) in [6, 6.07) is 6.02. The molecule has 4 nitrogen and oxygen atoms in total. The zero-order valence-electron chi connectivity index (χ0n) is 11.2. The van der Waals surface area contributed by atoms with Gasteiger partial charge in [0.15, 0.2) is 0 Å². The van der Waals surface area contributed by atoms with Crippen LogP contribution in [0.4, 0.5) is 0 Å². The fraction of sp³-hybridized carbons (Fsp3) is 0.500. The first-order valence-corrected chi connectivity index (χ1v) is 7.37. The van der Waals surface area contributed by atoms with E-state index in [4.69, 9.17) is 9.47 Å². The minimum absolute atomic E-state index is 0.0195. The fourth-order valence-corrected chi connectivity index (χ4v) is 2.99. The molecule has 1 aliphatic rings. The van der Waals surface area contributed by atoms with Gasteiger partial charge in [0.05, 0.1) is 29.0 Å². The Labute approximate surface area is 116 Å². The topological polar surface area (TPSA) is 43.4 Å². The number of fused-ring (bicyclic) bond motifs is 1. The zero-order valence-corrected chi connectivity index (χ0v) is 12.0. The van der Waals surface area contributed by atoms with Crippen molar-refractivity contribution in [3.05, 3.63) is 23.2 Å². The van der Waals surface area contributed by atoms with Gasteiger partial charge in [-0.2, -0.15) is 0 Å². The van der Waals surface area contributed by atoms with Crippen LogP contribution in [-0.4, -0.2) is 30.3 Å². The second-order valence-corrected chi connectivity index (χ2v) is 6.13. The lowest BCUT2D eigenvalue weighted by Crippen LogP contribution is -2.58. The summed E-state index contributed by atoms with van der Waals surface area (Å²) in [5, 5.41) is 4.25. The largest absolute Gasteiger partial charge is 0.494 e. The van der Waals surface area contributed by atoms with E-state index in [1.165, 1.54) is 0 Å². The molecular formula is C14H18N2O2S. The molecule has 0 saturated carbocycles. The zero-order chi connectivity index (χ0) is 13.3. The van der Waals surface area contributed by atoms with Crippen molar-refractivity contribution in [2.75, 3.05) is 19.7 Å². The fourth-order valence-electron chi connectivity index (χ4n) is 2.09. The number of thiazole rings is 1. The maximum Gasteiger partial charge on any atom is 0.120 e. The van der Waals surface area contributed by atoms with Crippen LogP contribution in [0.2, 0.25) is 0 Å². The molecule has 1 saturated heterocycles. The molecule has 3 rings (SSSR count). The first-order chi connectivity index (χ1) is 9.18. The Kier molecular flexibility index (Phi) is 3.43. The van der Waals surface area contributed by atoms with Gasteiger partial charge < -0.3 is 14.8 Å². The van der Waals surface area contributed by atoms with Crippen molar-refractivity contribution in [1.82, 2.24) is 10.3 Å². The molecule has 0 aliphatic carbocycles. The molecular weight excluding hydrogens is 260 g/mol. The smallest absolute Gasteiger partial charge is 0.120 e. The summed E-state index contributed by atoms with van der Waals surface area (Å²) in [4.78, 5) is 4.59. The van der Waals surface area contributed by atoms with E-state index in [1.807, 2.05) is 25.1 Å². The molecule has 0 amide bonds. The van der Waals surface area contributed by atoms with Crippen LogP contribution < -0.4 is 10.1 Å². The van der Waals surface area contributed by atoms with Crippen molar-refractivity contribution in [2.24, 2.45) is 0 Å². The highest BCUT2D eigenvalue weighted by molar-refractivity contribution is 7.18. The average Bonchev–Trinajstić information content (AvgIpc) is 2.76. The molecule has 1 fully saturated rings. The number of hydrogen-bond acceptors (Lipinski definition) is 5. The van der Waals surface area contributed by atoms with Gasteiger partial charge in [0.25, 0.3) is 0 Å². The highest BCUT2D eigenvalue weighted by Crippen LogP contribution is 2.28. The van der Waals surface area contributed by atoms with Gasteiger partial charge >= 0.3 is 0 Å². The van der Waals surface area contributed by atoms with Crippen molar-refractivity contribution in [3.8, 4) is 5.75 Å². The lowest BCUT2D eigenvalue weighted by Gasteiger charge is -2.38. The normalized spacial score (nSPS) is 17.4. The predicted octanol–water partition coefficient (Wildman–Crippen LogP) is 2.57. The van der Waals surface area contributed by atoms with Crippen molar-refractivity contribution >= 4 is 21.6 Å². The predicted molar refractivity (Wildman–Crippen MR) is 76.9 cm³/mol. The lowest BCUT2D eigenvalue weighted by molar-refractivity contribution is -0.0767. The quantitative estimate of drug-likeness (QED) is 0.913. The third kappa shape index (κ3) is 2.73. The molecule has 1 N–H and O–H groups in total. The van der Waals surface area contributed by atoms with Crippen molar-refractivity contribution in [3.63, 3.8) is 0 Å². The average molecular weight is 278 g/mol. The summed E-state index contributed by atoms with van der Waals surface area (Å²) in [5.41, 5.74) is 0.998. The Hall–Kier alpha value is -1.17. The molecule has 19 heavy (non-hydrogen) atoms. The molecule has 0 radical (unpaired) electrons. The molecule has 1 aromatic carbocycles. The molecule has 0 spiro atoms. The summed E-state index contributed by atoms with van der Waals surface area (Å²) >= 11 is 1.68. The summed E-state index contributed by atoms with van der Waals surface area (Å²) in [5.74, 6) is 0.904. The van der Waals surface area contributed by atoms with E-state index < -0.39 is 0 Å². The number of ether oxygens (including phenoxy) is 2. The van der Waals surface area contributed by atoms with Gasteiger partial charge in [0, 0.05) is 13.1 Å². The van der Waals surface area contributed by atoms with Crippen LogP contribution in [0.5, 0.6) is 5.75 Å². The van der Waals surface area contributed by atoms with Crippen LogP contribution in [0, 0.1) is 0 Å². The number of benzene rings is 1. The van der Waals surface area contributed by atoms with Gasteiger partial charge in [0.1, 0.15) is 10.8 Å². The Morgan fingerprint density at radius 2 is 2.26 bits per heavy atom. The summed E-state index contributed by atoms with van der Waals surface area (Å²) in [7, 11) is 0. The standard InChI is InChI=1S/C14H18N2O2S/c1-3-17-10-4-5-11-12(6-10)19-13(16-11)7-18-14(2)8-15-9-14/h4-6,15H,3,7-9H2,1-2H3. The van der Waals surface area contributed by atoms with E-state index >= 15 is 0 Å². The van der Waals surface area contributed by atoms with Crippen molar-refractivity contribution < 1.29 is 9.47 Å². The molecule has 2 aromatic rings. The Morgan fingerprint density at radius 1 is 1.42 bits per heavy atom. The van der Waals surface area contributed by atoms with Crippen LogP contribution in [-0.2, 0) is 11.3 Å². The molecule has 2 heterocycles. The Balaban J connectivity index is 1.73. The van der Waals surface area contributed by atoms with E-state index in [0.717, 1.165) is 34.1 Å². The number of nitrogens with zero attached hydrogens (tertiary/aromatic N) is 1. The van der Waals surface area contributed by atoms with E-state index in [1.54, 1.807) is 11.3 Å². The van der Waals surface area contributed by atoms with Gasteiger partial charge in [-0.25, -0.2) is 4.98 Å². The van der Waals surface area contributed by atoms with Crippen molar-refractivity contribution in [1.29, 1.82) is 0 Å². The molecule has 0 atom stereocenters. The maximum atomic E-state index is 5.91.